The molecule has 20 heavy (non-hydrogen) atoms. The Kier molecular flexibility index (Phi) is 5.63. The summed E-state index contributed by atoms with van der Waals surface area (Å²) >= 11 is 0. The van der Waals surface area contributed by atoms with Gasteiger partial charge in [-0.3, -0.25) is 0 Å². The quantitative estimate of drug-likeness (QED) is 0.790. The molecule has 0 bridgehead atoms. The van der Waals surface area contributed by atoms with Gasteiger partial charge in [0.15, 0.2) is 0 Å². The fourth-order valence-corrected chi connectivity index (χ4v) is 2.18. The minimum Gasteiger partial charge on any atom is -0.387 e. The zero-order valence-electron chi connectivity index (χ0n) is 12.0. The van der Waals surface area contributed by atoms with E-state index in [0.717, 1.165) is 17.7 Å². The Hall–Kier alpha value is -1.80. The van der Waals surface area contributed by atoms with Crippen molar-refractivity contribution in [3.05, 3.63) is 65.7 Å². The molecule has 2 rings (SSSR count). The van der Waals surface area contributed by atoms with E-state index >= 15 is 0 Å². The number of aliphatic hydroxyl groups is 1. The summed E-state index contributed by atoms with van der Waals surface area (Å²) in [4.78, 5) is 0. The first-order valence-corrected chi connectivity index (χ1v) is 7.35. The van der Waals surface area contributed by atoms with E-state index in [2.05, 4.69) is 36.5 Å². The number of nitrogens with one attached hydrogen (secondary N) is 1. The molecule has 0 radical (unpaired) electrons. The molecule has 0 aliphatic carbocycles. The summed E-state index contributed by atoms with van der Waals surface area (Å²) in [6.07, 6.45) is 3.13. The summed E-state index contributed by atoms with van der Waals surface area (Å²) in [6, 6.07) is 18.2. The van der Waals surface area contributed by atoms with Crippen LogP contribution >= 0.6 is 0 Å². The summed E-state index contributed by atoms with van der Waals surface area (Å²) in [5, 5.41) is 13.4. The molecule has 0 fully saturated rings. The van der Waals surface area contributed by atoms with Crippen molar-refractivity contribution >= 4 is 5.69 Å². The highest BCUT2D eigenvalue weighted by molar-refractivity contribution is 5.45. The van der Waals surface area contributed by atoms with Gasteiger partial charge in [-0.25, -0.2) is 0 Å². The second-order valence-corrected chi connectivity index (χ2v) is 5.11. The molecule has 0 amide bonds. The van der Waals surface area contributed by atoms with E-state index in [1.165, 1.54) is 18.4 Å². The van der Waals surface area contributed by atoms with Crippen molar-refractivity contribution < 1.29 is 5.11 Å². The lowest BCUT2D eigenvalue weighted by atomic mass is 10.1. The fraction of sp³-hybridized carbons (Fsp3) is 0.333. The van der Waals surface area contributed by atoms with Crippen molar-refractivity contribution in [3.63, 3.8) is 0 Å². The maximum Gasteiger partial charge on any atom is 0.0962 e. The summed E-state index contributed by atoms with van der Waals surface area (Å²) in [5.74, 6) is 0. The molecule has 2 heteroatoms. The van der Waals surface area contributed by atoms with Gasteiger partial charge in [0.2, 0.25) is 0 Å². The molecular weight excluding hydrogens is 246 g/mol. The van der Waals surface area contributed by atoms with Crippen LogP contribution in [0.15, 0.2) is 54.6 Å². The van der Waals surface area contributed by atoms with Crippen LogP contribution < -0.4 is 5.32 Å². The Morgan fingerprint density at radius 2 is 1.70 bits per heavy atom. The van der Waals surface area contributed by atoms with Gasteiger partial charge in [0.05, 0.1) is 6.10 Å². The van der Waals surface area contributed by atoms with Gasteiger partial charge >= 0.3 is 0 Å². The molecule has 0 aliphatic rings. The van der Waals surface area contributed by atoms with Gasteiger partial charge < -0.3 is 10.4 Å². The zero-order chi connectivity index (χ0) is 14.2. The highest BCUT2D eigenvalue weighted by Gasteiger charge is 2.06. The van der Waals surface area contributed by atoms with Crippen molar-refractivity contribution in [2.45, 2.75) is 32.3 Å². The lowest BCUT2D eigenvalue weighted by molar-refractivity contribution is 0.191. The minimum absolute atomic E-state index is 0.476. The zero-order valence-corrected chi connectivity index (χ0v) is 12.0. The standard InChI is InChI=1S/C18H23NO/c1-2-3-7-15-10-12-17(13-11-15)19-14-18(20)16-8-5-4-6-9-16/h4-6,8-13,18-20H,2-3,7,14H2,1H3. The summed E-state index contributed by atoms with van der Waals surface area (Å²) < 4.78 is 0. The molecule has 0 aromatic heterocycles. The van der Waals surface area contributed by atoms with Gasteiger partial charge in [0.1, 0.15) is 0 Å². The Bertz CT molecular complexity index is 493. The monoisotopic (exact) mass is 269 g/mol. The van der Waals surface area contributed by atoms with Gasteiger partial charge in [0.25, 0.3) is 0 Å². The van der Waals surface area contributed by atoms with E-state index in [0.29, 0.717) is 6.54 Å². The Morgan fingerprint density at radius 3 is 2.35 bits per heavy atom. The molecule has 0 saturated heterocycles. The normalized spacial score (nSPS) is 12.1. The van der Waals surface area contributed by atoms with E-state index in [-0.39, 0.29) is 0 Å². The highest BCUT2D eigenvalue weighted by Crippen LogP contribution is 2.15. The van der Waals surface area contributed by atoms with E-state index in [4.69, 9.17) is 0 Å². The van der Waals surface area contributed by atoms with Crippen molar-refractivity contribution in [1.29, 1.82) is 0 Å². The molecule has 0 saturated carbocycles. The second kappa shape index (κ2) is 7.71. The molecule has 0 aliphatic heterocycles. The topological polar surface area (TPSA) is 32.3 Å². The number of hydrogen-bond acceptors (Lipinski definition) is 2. The van der Waals surface area contributed by atoms with Crippen LogP contribution in [-0.2, 0) is 6.42 Å². The van der Waals surface area contributed by atoms with Crippen LogP contribution in [0.5, 0.6) is 0 Å². The van der Waals surface area contributed by atoms with E-state index in [1.54, 1.807) is 0 Å². The van der Waals surface area contributed by atoms with Crippen molar-refractivity contribution in [3.8, 4) is 0 Å². The van der Waals surface area contributed by atoms with Crippen molar-refractivity contribution in [2.75, 3.05) is 11.9 Å². The largest absolute Gasteiger partial charge is 0.387 e. The molecule has 2 nitrogen and oxygen atoms in total. The lowest BCUT2D eigenvalue weighted by Crippen LogP contribution is -2.11. The van der Waals surface area contributed by atoms with Gasteiger partial charge in [-0.05, 0) is 36.1 Å². The summed E-state index contributed by atoms with van der Waals surface area (Å²) in [5.41, 5.74) is 3.38. The summed E-state index contributed by atoms with van der Waals surface area (Å²) in [7, 11) is 0. The minimum atomic E-state index is -0.476. The average molecular weight is 269 g/mol. The Labute approximate surface area is 121 Å². The third-order valence-corrected chi connectivity index (χ3v) is 3.46. The number of aliphatic hydroxyl groups excluding tert-OH is 1. The maximum absolute atomic E-state index is 10.1. The third kappa shape index (κ3) is 4.39. The molecule has 106 valence electrons. The predicted molar refractivity (Wildman–Crippen MR) is 84.9 cm³/mol. The van der Waals surface area contributed by atoms with Crippen LogP contribution in [0.2, 0.25) is 0 Å². The fourth-order valence-electron chi connectivity index (χ4n) is 2.18. The van der Waals surface area contributed by atoms with Crippen molar-refractivity contribution in [1.82, 2.24) is 0 Å². The van der Waals surface area contributed by atoms with Crippen molar-refractivity contribution in [2.24, 2.45) is 0 Å². The van der Waals surface area contributed by atoms with E-state index in [1.807, 2.05) is 30.3 Å². The number of rotatable bonds is 7. The number of benzene rings is 2. The van der Waals surface area contributed by atoms with Crippen LogP contribution in [0.3, 0.4) is 0 Å². The van der Waals surface area contributed by atoms with Gasteiger partial charge in [-0.15, -0.1) is 0 Å². The molecule has 0 spiro atoms. The van der Waals surface area contributed by atoms with Crippen LogP contribution in [0.25, 0.3) is 0 Å². The third-order valence-electron chi connectivity index (χ3n) is 3.46. The van der Waals surface area contributed by atoms with Gasteiger partial charge in [0, 0.05) is 12.2 Å². The number of aryl methyl sites for hydroxylation is 1. The predicted octanol–water partition coefficient (Wildman–Crippen LogP) is 4.17. The van der Waals surface area contributed by atoms with Crippen LogP contribution in [0.1, 0.15) is 37.0 Å². The molecule has 2 N–H and O–H groups in total. The molecular formula is C18H23NO. The first-order valence-electron chi connectivity index (χ1n) is 7.35. The van der Waals surface area contributed by atoms with Crippen LogP contribution in [0.4, 0.5) is 5.69 Å². The van der Waals surface area contributed by atoms with Crippen LogP contribution in [0, 0.1) is 0 Å². The second-order valence-electron chi connectivity index (χ2n) is 5.11. The number of unbranched alkanes of at least 4 members (excludes halogenated alkanes) is 1. The lowest BCUT2D eigenvalue weighted by Gasteiger charge is -2.13. The first-order chi connectivity index (χ1) is 9.79. The van der Waals surface area contributed by atoms with Gasteiger partial charge in [-0.1, -0.05) is 55.8 Å². The smallest absolute Gasteiger partial charge is 0.0962 e. The Morgan fingerprint density at radius 1 is 1.00 bits per heavy atom. The molecule has 2 aromatic rings. The van der Waals surface area contributed by atoms with E-state index in [9.17, 15) is 5.11 Å². The molecule has 1 unspecified atom stereocenters. The van der Waals surface area contributed by atoms with E-state index < -0.39 is 6.10 Å². The maximum atomic E-state index is 10.1. The average Bonchev–Trinajstić information content (AvgIpc) is 2.52. The number of hydrogen-bond donors (Lipinski definition) is 2. The van der Waals surface area contributed by atoms with Gasteiger partial charge in [-0.2, -0.15) is 0 Å². The molecule has 0 heterocycles. The number of anilines is 1. The SMILES string of the molecule is CCCCc1ccc(NCC(O)c2ccccc2)cc1. The molecule has 1 atom stereocenters. The molecule has 2 aromatic carbocycles. The Balaban J connectivity index is 1.84. The highest BCUT2D eigenvalue weighted by atomic mass is 16.3. The summed E-state index contributed by atoms with van der Waals surface area (Å²) in [6.45, 7) is 2.74. The first kappa shape index (κ1) is 14.6. The van der Waals surface area contributed by atoms with Crippen LogP contribution in [-0.4, -0.2) is 11.7 Å².